The molecule has 0 aromatic heterocycles. The SMILES string of the molecule is Br.O=S(=O)(O)O.O=S(=O)(O)O.[KH].[NaH]. The molecule has 0 aromatic rings. The first-order valence-corrected chi connectivity index (χ1v) is 4.19. The molecule has 0 aliphatic heterocycles. The van der Waals surface area contributed by atoms with Gasteiger partial charge in [-0.2, -0.15) is 16.8 Å². The average Bonchev–Trinajstić information content (AvgIpc) is 1.12. The molecule has 0 saturated heterocycles. The van der Waals surface area contributed by atoms with Gasteiger partial charge in [-0.1, -0.05) is 0 Å². The summed E-state index contributed by atoms with van der Waals surface area (Å²) in [6.07, 6.45) is 0. The summed E-state index contributed by atoms with van der Waals surface area (Å²) in [5.74, 6) is 0. The summed E-state index contributed by atoms with van der Waals surface area (Å²) < 4.78 is 63.2. The summed E-state index contributed by atoms with van der Waals surface area (Å²) in [7, 11) is -9.33. The Morgan fingerprint density at radius 2 is 0.692 bits per heavy atom. The quantitative estimate of drug-likeness (QED) is 0.291. The minimum atomic E-state index is -4.67. The zero-order valence-electron chi connectivity index (χ0n) is 4.65. The van der Waals surface area contributed by atoms with Crippen LogP contribution in [0, 0.1) is 0 Å². The van der Waals surface area contributed by atoms with Crippen LogP contribution in [0.1, 0.15) is 0 Å². The van der Waals surface area contributed by atoms with Crippen LogP contribution >= 0.6 is 17.0 Å². The van der Waals surface area contributed by atoms with Crippen LogP contribution in [0.2, 0.25) is 0 Å². The van der Waals surface area contributed by atoms with Crippen LogP contribution < -0.4 is 0 Å². The fraction of sp³-hybridized carbons (Fsp3) is 0. The van der Waals surface area contributed by atoms with Gasteiger partial charge in [0.2, 0.25) is 0 Å². The molecule has 0 aliphatic carbocycles. The fourth-order valence-electron chi connectivity index (χ4n) is 0. The van der Waals surface area contributed by atoms with E-state index in [2.05, 4.69) is 0 Å². The first kappa shape index (κ1) is 29.7. The number of hydrogen-bond acceptors (Lipinski definition) is 4. The van der Waals surface area contributed by atoms with E-state index in [0.29, 0.717) is 0 Å². The van der Waals surface area contributed by atoms with Crippen molar-refractivity contribution in [2.75, 3.05) is 0 Å². The molecule has 0 fully saturated rings. The van der Waals surface area contributed by atoms with Crippen LogP contribution in [0.4, 0.5) is 0 Å². The van der Waals surface area contributed by atoms with Crippen molar-refractivity contribution in [1.82, 2.24) is 0 Å². The van der Waals surface area contributed by atoms with Gasteiger partial charge in [-0.3, -0.25) is 18.2 Å². The molecular formula is H7BrKNaO8S2. The molecule has 0 bridgehead atoms. The van der Waals surface area contributed by atoms with Crippen molar-refractivity contribution in [2.45, 2.75) is 0 Å². The van der Waals surface area contributed by atoms with Gasteiger partial charge in [-0.15, -0.1) is 17.0 Å². The average molecular weight is 341 g/mol. The first-order chi connectivity index (χ1) is 4.00. The van der Waals surface area contributed by atoms with E-state index in [-0.39, 0.29) is 97.9 Å². The zero-order chi connectivity index (χ0) is 9.00. The Kier molecular flexibility index (Phi) is 29.5. The molecule has 4 N–H and O–H groups in total. The molecule has 0 unspecified atom stereocenters. The Balaban J connectivity index is -0.0000000267. The monoisotopic (exact) mass is 340 g/mol. The van der Waals surface area contributed by atoms with Crippen molar-refractivity contribution in [3.63, 3.8) is 0 Å². The van der Waals surface area contributed by atoms with Crippen molar-refractivity contribution in [3.05, 3.63) is 0 Å². The summed E-state index contributed by atoms with van der Waals surface area (Å²) in [4.78, 5) is 0. The van der Waals surface area contributed by atoms with Crippen molar-refractivity contribution < 1.29 is 35.0 Å². The van der Waals surface area contributed by atoms with Crippen molar-refractivity contribution >= 4 is 119 Å². The van der Waals surface area contributed by atoms with E-state index < -0.39 is 20.8 Å². The van der Waals surface area contributed by atoms with Gasteiger partial charge >= 0.3 is 102 Å². The third-order valence-corrected chi connectivity index (χ3v) is 0. The summed E-state index contributed by atoms with van der Waals surface area (Å²) in [6, 6.07) is 0. The second kappa shape index (κ2) is 12.9. The Hall–Kier alpha value is 2.86. The Morgan fingerprint density at radius 1 is 0.692 bits per heavy atom. The van der Waals surface area contributed by atoms with E-state index in [0.717, 1.165) is 0 Å². The summed E-state index contributed by atoms with van der Waals surface area (Å²) >= 11 is 0. The van der Waals surface area contributed by atoms with Crippen LogP contribution in [0.25, 0.3) is 0 Å². The molecule has 13 heteroatoms. The third kappa shape index (κ3) is 301. The van der Waals surface area contributed by atoms with E-state index in [1.54, 1.807) is 0 Å². The van der Waals surface area contributed by atoms with E-state index in [9.17, 15) is 0 Å². The molecule has 0 amide bonds. The maximum absolute atomic E-state index is 8.74. The van der Waals surface area contributed by atoms with Crippen molar-refractivity contribution in [3.8, 4) is 0 Å². The Morgan fingerprint density at radius 3 is 0.692 bits per heavy atom. The van der Waals surface area contributed by atoms with E-state index in [4.69, 9.17) is 35.0 Å². The molecule has 76 valence electrons. The van der Waals surface area contributed by atoms with Crippen LogP contribution in [0.3, 0.4) is 0 Å². The van der Waals surface area contributed by atoms with Crippen LogP contribution in [-0.4, -0.2) is 116 Å². The van der Waals surface area contributed by atoms with Gasteiger partial charge in [-0.05, 0) is 0 Å². The number of rotatable bonds is 0. The number of halogens is 1. The molecular weight excluding hydrogens is 334 g/mol. The maximum atomic E-state index is 8.74. The van der Waals surface area contributed by atoms with Crippen molar-refractivity contribution in [2.24, 2.45) is 0 Å². The van der Waals surface area contributed by atoms with E-state index in [1.807, 2.05) is 0 Å². The second-order valence-corrected chi connectivity index (χ2v) is 2.69. The first-order valence-electron chi connectivity index (χ1n) is 1.40. The predicted molar refractivity (Wildman–Crippen MR) is 53.0 cm³/mol. The molecule has 13 heavy (non-hydrogen) atoms. The Bertz CT molecular complexity index is 219. The molecule has 0 radical (unpaired) electrons. The Labute approximate surface area is 150 Å². The minimum absolute atomic E-state index is 0. The van der Waals surface area contributed by atoms with Crippen LogP contribution in [0.15, 0.2) is 0 Å². The predicted octanol–water partition coefficient (Wildman–Crippen LogP) is -2.02. The second-order valence-electron chi connectivity index (χ2n) is 0.896. The van der Waals surface area contributed by atoms with E-state index >= 15 is 0 Å². The van der Waals surface area contributed by atoms with Gasteiger partial charge in [0.1, 0.15) is 0 Å². The van der Waals surface area contributed by atoms with Crippen LogP contribution in [-0.2, 0) is 20.8 Å². The van der Waals surface area contributed by atoms with Crippen LogP contribution in [0.5, 0.6) is 0 Å². The molecule has 0 heterocycles. The molecule has 0 rings (SSSR count). The number of hydrogen-bond donors (Lipinski definition) is 4. The summed E-state index contributed by atoms with van der Waals surface area (Å²) in [5, 5.41) is 0. The molecule has 8 nitrogen and oxygen atoms in total. The summed E-state index contributed by atoms with van der Waals surface area (Å²) in [6.45, 7) is 0. The molecule has 0 aromatic carbocycles. The van der Waals surface area contributed by atoms with Crippen molar-refractivity contribution in [1.29, 1.82) is 0 Å². The third-order valence-electron chi connectivity index (χ3n) is 0. The fourth-order valence-corrected chi connectivity index (χ4v) is 0. The van der Waals surface area contributed by atoms with Gasteiger partial charge in [0.15, 0.2) is 0 Å². The van der Waals surface area contributed by atoms with Gasteiger partial charge in [0.25, 0.3) is 0 Å². The topological polar surface area (TPSA) is 149 Å². The molecule has 0 aliphatic rings. The van der Waals surface area contributed by atoms with Gasteiger partial charge in [0, 0.05) is 0 Å². The molecule has 0 spiro atoms. The van der Waals surface area contributed by atoms with Gasteiger partial charge < -0.3 is 0 Å². The summed E-state index contributed by atoms with van der Waals surface area (Å²) in [5.41, 5.74) is 0. The normalized spacial score (nSPS) is 8.92. The molecule has 0 saturated carbocycles. The van der Waals surface area contributed by atoms with Gasteiger partial charge in [0.05, 0.1) is 0 Å². The van der Waals surface area contributed by atoms with E-state index in [1.165, 1.54) is 0 Å². The molecule has 0 atom stereocenters. The zero-order valence-corrected chi connectivity index (χ0v) is 7.99. The standard InChI is InChI=1S/BrH.K.Na.2H2O4S.2H/c;;;2*1-5(2,3)4;;/h1H;;;2*(H2,1,2,3,4);;. The van der Waals surface area contributed by atoms with Gasteiger partial charge in [-0.25, -0.2) is 0 Å².